The highest BCUT2D eigenvalue weighted by atomic mass is 16.5. The highest BCUT2D eigenvalue weighted by Gasteiger charge is 2.25. The van der Waals surface area contributed by atoms with E-state index in [1.807, 2.05) is 45.0 Å². The Morgan fingerprint density at radius 3 is 2.42 bits per heavy atom. The third-order valence-electron chi connectivity index (χ3n) is 3.91. The SMILES string of the molecule is Cc1ccc(NC(=O)N[C@H](c2nc(-c3ccncc3)no2)C(C)C)cc1. The summed E-state index contributed by atoms with van der Waals surface area (Å²) >= 11 is 0. The lowest BCUT2D eigenvalue weighted by Gasteiger charge is -2.19. The Hall–Kier alpha value is -3.22. The maximum atomic E-state index is 12.3. The average Bonchev–Trinajstić information content (AvgIpc) is 3.12. The lowest BCUT2D eigenvalue weighted by Crippen LogP contribution is -2.35. The van der Waals surface area contributed by atoms with Gasteiger partial charge >= 0.3 is 6.03 Å². The number of benzene rings is 1. The monoisotopic (exact) mass is 351 g/mol. The van der Waals surface area contributed by atoms with Crippen LogP contribution in [-0.2, 0) is 0 Å². The number of urea groups is 1. The molecule has 0 saturated heterocycles. The maximum Gasteiger partial charge on any atom is 0.319 e. The summed E-state index contributed by atoms with van der Waals surface area (Å²) in [5.41, 5.74) is 2.66. The molecule has 134 valence electrons. The van der Waals surface area contributed by atoms with Crippen LogP contribution in [0.2, 0.25) is 0 Å². The van der Waals surface area contributed by atoms with Crippen molar-refractivity contribution in [2.45, 2.75) is 26.8 Å². The maximum absolute atomic E-state index is 12.3. The first-order chi connectivity index (χ1) is 12.5. The number of anilines is 1. The molecule has 7 nitrogen and oxygen atoms in total. The van der Waals surface area contributed by atoms with Crippen molar-refractivity contribution in [3.8, 4) is 11.4 Å². The van der Waals surface area contributed by atoms with Gasteiger partial charge in [-0.2, -0.15) is 4.98 Å². The molecule has 0 unspecified atom stereocenters. The van der Waals surface area contributed by atoms with Crippen LogP contribution >= 0.6 is 0 Å². The minimum Gasteiger partial charge on any atom is -0.337 e. The van der Waals surface area contributed by atoms with Crippen LogP contribution in [0.4, 0.5) is 10.5 Å². The Bertz CT molecular complexity index is 859. The highest BCUT2D eigenvalue weighted by Crippen LogP contribution is 2.23. The van der Waals surface area contributed by atoms with E-state index in [4.69, 9.17) is 4.52 Å². The number of nitrogens with one attached hydrogen (secondary N) is 2. The second-order valence-corrected chi connectivity index (χ2v) is 6.38. The lowest BCUT2D eigenvalue weighted by molar-refractivity contribution is 0.236. The van der Waals surface area contributed by atoms with Crippen LogP contribution in [-0.4, -0.2) is 21.2 Å². The third kappa shape index (κ3) is 4.24. The van der Waals surface area contributed by atoms with Gasteiger partial charge in [-0.1, -0.05) is 36.7 Å². The third-order valence-corrected chi connectivity index (χ3v) is 3.91. The van der Waals surface area contributed by atoms with Gasteiger partial charge in [-0.15, -0.1) is 0 Å². The van der Waals surface area contributed by atoms with Gasteiger partial charge in [0.1, 0.15) is 6.04 Å². The molecule has 1 aromatic carbocycles. The molecule has 2 N–H and O–H groups in total. The second kappa shape index (κ2) is 7.77. The molecule has 0 fully saturated rings. The van der Waals surface area contributed by atoms with Gasteiger partial charge in [0, 0.05) is 23.6 Å². The van der Waals surface area contributed by atoms with Crippen molar-refractivity contribution < 1.29 is 9.32 Å². The lowest BCUT2D eigenvalue weighted by atomic mass is 10.0. The molecule has 0 aliphatic rings. The summed E-state index contributed by atoms with van der Waals surface area (Å²) in [7, 11) is 0. The second-order valence-electron chi connectivity index (χ2n) is 6.38. The molecule has 7 heteroatoms. The van der Waals surface area contributed by atoms with E-state index in [0.29, 0.717) is 11.7 Å². The fraction of sp³-hybridized carbons (Fsp3) is 0.263. The van der Waals surface area contributed by atoms with Gasteiger partial charge in [0.25, 0.3) is 0 Å². The van der Waals surface area contributed by atoms with E-state index in [0.717, 1.165) is 16.8 Å². The number of amides is 2. The number of nitrogens with zero attached hydrogens (tertiary/aromatic N) is 3. The molecule has 0 spiro atoms. The summed E-state index contributed by atoms with van der Waals surface area (Å²) in [6.45, 7) is 5.95. The van der Waals surface area contributed by atoms with E-state index in [9.17, 15) is 4.79 Å². The fourth-order valence-electron chi connectivity index (χ4n) is 2.44. The van der Waals surface area contributed by atoms with Crippen molar-refractivity contribution in [3.63, 3.8) is 0 Å². The number of aryl methyl sites for hydroxylation is 1. The molecule has 0 saturated carbocycles. The van der Waals surface area contributed by atoms with Crippen molar-refractivity contribution in [2.24, 2.45) is 5.92 Å². The van der Waals surface area contributed by atoms with E-state index in [-0.39, 0.29) is 11.9 Å². The Balaban J connectivity index is 1.72. The molecule has 2 aromatic heterocycles. The number of carbonyl (C=O) groups excluding carboxylic acids is 1. The summed E-state index contributed by atoms with van der Waals surface area (Å²) in [5.74, 6) is 0.907. The van der Waals surface area contributed by atoms with Gasteiger partial charge < -0.3 is 15.2 Å². The predicted octanol–water partition coefficient (Wildman–Crippen LogP) is 3.96. The number of pyridine rings is 1. The number of rotatable bonds is 5. The van der Waals surface area contributed by atoms with Gasteiger partial charge in [0.05, 0.1) is 0 Å². The molecule has 0 aliphatic carbocycles. The van der Waals surface area contributed by atoms with E-state index in [1.165, 1.54) is 0 Å². The van der Waals surface area contributed by atoms with Crippen molar-refractivity contribution in [3.05, 3.63) is 60.2 Å². The summed E-state index contributed by atoms with van der Waals surface area (Å²) in [6.07, 6.45) is 3.33. The van der Waals surface area contributed by atoms with Crippen LogP contribution in [0.5, 0.6) is 0 Å². The van der Waals surface area contributed by atoms with Gasteiger partial charge in [0.2, 0.25) is 11.7 Å². The normalized spacial score (nSPS) is 12.0. The molecular weight excluding hydrogens is 330 g/mol. The number of hydrogen-bond acceptors (Lipinski definition) is 5. The minimum atomic E-state index is -0.400. The topological polar surface area (TPSA) is 92.9 Å². The van der Waals surface area contributed by atoms with E-state index < -0.39 is 6.04 Å². The number of carbonyl (C=O) groups is 1. The van der Waals surface area contributed by atoms with Crippen LogP contribution in [0.25, 0.3) is 11.4 Å². The van der Waals surface area contributed by atoms with Crippen LogP contribution < -0.4 is 10.6 Å². The number of aromatic nitrogens is 3. The molecule has 2 amide bonds. The molecule has 3 rings (SSSR count). The van der Waals surface area contributed by atoms with E-state index in [2.05, 4.69) is 25.8 Å². The Morgan fingerprint density at radius 2 is 1.77 bits per heavy atom. The number of hydrogen-bond donors (Lipinski definition) is 2. The Morgan fingerprint density at radius 1 is 1.08 bits per heavy atom. The summed E-state index contributed by atoms with van der Waals surface area (Å²) in [4.78, 5) is 20.7. The minimum absolute atomic E-state index is 0.0736. The standard InChI is InChI=1S/C19H21N5O2/c1-12(2)16(22-19(25)21-15-6-4-13(3)5-7-15)18-23-17(24-26-18)14-8-10-20-11-9-14/h4-12,16H,1-3H3,(H2,21,22,25)/t16-/m0/s1. The largest absolute Gasteiger partial charge is 0.337 e. The fourth-order valence-corrected chi connectivity index (χ4v) is 2.44. The Kier molecular flexibility index (Phi) is 5.26. The average molecular weight is 351 g/mol. The summed E-state index contributed by atoms with van der Waals surface area (Å²) < 4.78 is 5.39. The van der Waals surface area contributed by atoms with Crippen molar-refractivity contribution >= 4 is 11.7 Å². The van der Waals surface area contributed by atoms with Crippen molar-refractivity contribution in [1.29, 1.82) is 0 Å². The smallest absolute Gasteiger partial charge is 0.319 e. The first-order valence-electron chi connectivity index (χ1n) is 8.41. The quantitative estimate of drug-likeness (QED) is 0.726. The highest BCUT2D eigenvalue weighted by molar-refractivity contribution is 5.89. The predicted molar refractivity (Wildman–Crippen MR) is 98.4 cm³/mol. The zero-order chi connectivity index (χ0) is 18.5. The molecule has 3 aromatic rings. The van der Waals surface area contributed by atoms with Crippen LogP contribution in [0.15, 0.2) is 53.3 Å². The molecule has 26 heavy (non-hydrogen) atoms. The summed E-state index contributed by atoms with van der Waals surface area (Å²) in [5, 5.41) is 9.72. The zero-order valence-corrected chi connectivity index (χ0v) is 14.9. The first kappa shape index (κ1) is 17.6. The van der Waals surface area contributed by atoms with Crippen LogP contribution in [0.1, 0.15) is 31.3 Å². The molecule has 0 bridgehead atoms. The molecule has 0 radical (unpaired) electrons. The van der Waals surface area contributed by atoms with Crippen molar-refractivity contribution in [2.75, 3.05) is 5.32 Å². The molecule has 1 atom stereocenters. The molecule has 0 aliphatic heterocycles. The van der Waals surface area contributed by atoms with Gasteiger partial charge in [-0.05, 0) is 37.1 Å². The van der Waals surface area contributed by atoms with E-state index in [1.54, 1.807) is 24.5 Å². The van der Waals surface area contributed by atoms with Gasteiger partial charge in [-0.25, -0.2) is 4.79 Å². The zero-order valence-electron chi connectivity index (χ0n) is 14.9. The first-order valence-corrected chi connectivity index (χ1v) is 8.41. The Labute approximate surface area is 151 Å². The van der Waals surface area contributed by atoms with Gasteiger partial charge in [-0.3, -0.25) is 4.98 Å². The van der Waals surface area contributed by atoms with E-state index >= 15 is 0 Å². The van der Waals surface area contributed by atoms with Gasteiger partial charge in [0.15, 0.2) is 0 Å². The molecule has 2 heterocycles. The molecular formula is C19H21N5O2. The van der Waals surface area contributed by atoms with Crippen LogP contribution in [0, 0.1) is 12.8 Å². The summed E-state index contributed by atoms with van der Waals surface area (Å²) in [6, 6.07) is 10.5. The van der Waals surface area contributed by atoms with Crippen molar-refractivity contribution in [1.82, 2.24) is 20.4 Å². The van der Waals surface area contributed by atoms with Crippen LogP contribution in [0.3, 0.4) is 0 Å².